The lowest BCUT2D eigenvalue weighted by Gasteiger charge is -2.43. The number of nitrogens with zero attached hydrogens (tertiary/aromatic N) is 2. The van der Waals surface area contributed by atoms with Gasteiger partial charge in [0.15, 0.2) is 0 Å². The number of carbonyl (C=O) groups is 2. The van der Waals surface area contributed by atoms with Crippen molar-refractivity contribution in [1.82, 2.24) is 0 Å². The Bertz CT molecular complexity index is 1500. The molecule has 0 saturated carbocycles. The molecule has 0 fully saturated rings. The number of anilines is 2. The molecule has 1 aliphatic heterocycles. The maximum atomic E-state index is 13.9. The number of benzene rings is 4. The fraction of sp³-hybridized carbons (Fsp3) is 0.176. The summed E-state index contributed by atoms with van der Waals surface area (Å²) in [5.74, 6) is 1.24. The lowest BCUT2D eigenvalue weighted by molar-refractivity contribution is -0.114. The lowest BCUT2D eigenvalue weighted by atomic mass is 9.89. The number of amides is 2. The molecular weight excluding hydrogens is 500 g/mol. The molecule has 0 spiro atoms. The van der Waals surface area contributed by atoms with Crippen LogP contribution in [0, 0.1) is 0 Å². The summed E-state index contributed by atoms with van der Waals surface area (Å²) in [5.41, 5.74) is 4.02. The minimum Gasteiger partial charge on any atom is -0.497 e. The largest absolute Gasteiger partial charge is 0.497 e. The van der Waals surface area contributed by atoms with Crippen molar-refractivity contribution >= 4 is 29.3 Å². The fourth-order valence-corrected chi connectivity index (χ4v) is 5.22. The van der Waals surface area contributed by atoms with Gasteiger partial charge in [0.05, 0.1) is 20.3 Å². The molecule has 2 atom stereocenters. The Morgan fingerprint density at radius 2 is 1.40 bits per heavy atom. The Labute approximate surface area is 235 Å². The first-order chi connectivity index (χ1) is 19.5. The van der Waals surface area contributed by atoms with Crippen molar-refractivity contribution in [2.24, 2.45) is 0 Å². The van der Waals surface area contributed by atoms with Crippen LogP contribution in [0.3, 0.4) is 0 Å². The summed E-state index contributed by atoms with van der Waals surface area (Å²) in [6.45, 7) is 2.03. The molecule has 0 bridgehead atoms. The van der Waals surface area contributed by atoms with E-state index in [1.165, 1.54) is 0 Å². The van der Waals surface area contributed by atoms with Gasteiger partial charge in [0.25, 0.3) is 11.8 Å². The predicted molar refractivity (Wildman–Crippen MR) is 159 cm³/mol. The van der Waals surface area contributed by atoms with Crippen molar-refractivity contribution in [2.45, 2.75) is 25.4 Å². The molecule has 0 saturated heterocycles. The van der Waals surface area contributed by atoms with E-state index in [0.717, 1.165) is 28.3 Å². The van der Waals surface area contributed by atoms with Gasteiger partial charge in [0, 0.05) is 29.1 Å². The highest BCUT2D eigenvalue weighted by Crippen LogP contribution is 2.43. The zero-order valence-electron chi connectivity index (χ0n) is 22.9. The maximum absolute atomic E-state index is 13.9. The average molecular weight is 533 g/mol. The second-order valence-corrected chi connectivity index (χ2v) is 9.71. The van der Waals surface area contributed by atoms with Crippen molar-refractivity contribution in [3.8, 4) is 11.5 Å². The summed E-state index contributed by atoms with van der Waals surface area (Å²) in [7, 11) is 3.23. The molecule has 5 rings (SSSR count). The van der Waals surface area contributed by atoms with Crippen LogP contribution in [0.1, 0.15) is 40.9 Å². The van der Waals surface area contributed by atoms with E-state index >= 15 is 0 Å². The second-order valence-electron chi connectivity index (χ2n) is 9.71. The number of fused-ring (bicyclic) bond motifs is 1. The van der Waals surface area contributed by atoms with Crippen LogP contribution in [0.2, 0.25) is 0 Å². The number of para-hydroxylation sites is 2. The van der Waals surface area contributed by atoms with Crippen LogP contribution in [-0.4, -0.2) is 32.1 Å². The van der Waals surface area contributed by atoms with E-state index in [1.807, 2.05) is 102 Å². The van der Waals surface area contributed by atoms with Crippen LogP contribution >= 0.6 is 0 Å². The van der Waals surface area contributed by atoms with Gasteiger partial charge in [-0.05, 0) is 85.1 Å². The molecule has 6 nitrogen and oxygen atoms in total. The molecule has 1 aliphatic rings. The molecule has 202 valence electrons. The third kappa shape index (κ3) is 5.47. The van der Waals surface area contributed by atoms with Gasteiger partial charge in [-0.25, -0.2) is 0 Å². The van der Waals surface area contributed by atoms with Crippen LogP contribution in [0.25, 0.3) is 6.08 Å². The summed E-state index contributed by atoms with van der Waals surface area (Å²) in [6.07, 6.45) is 4.00. The molecule has 0 aliphatic carbocycles. The Kier molecular flexibility index (Phi) is 7.97. The smallest absolute Gasteiger partial charge is 0.258 e. The standard InChI is InChI=1S/C34H32N2O4/c1-24-23-32(30-11-7-8-12-31(30)35(24)34(38)26-16-20-29(40-3)21-17-26)36(27-9-5-4-6-10-27)33(37)22-15-25-13-18-28(39-2)19-14-25/h4-22,24,32H,23H2,1-3H3/b22-15-/t24-,32-/m1/s1. The van der Waals surface area contributed by atoms with Gasteiger partial charge in [0.2, 0.25) is 0 Å². The van der Waals surface area contributed by atoms with Crippen molar-refractivity contribution < 1.29 is 19.1 Å². The Hall–Kier alpha value is -4.84. The van der Waals surface area contributed by atoms with E-state index in [4.69, 9.17) is 9.47 Å². The summed E-state index contributed by atoms with van der Waals surface area (Å²) >= 11 is 0. The van der Waals surface area contributed by atoms with Crippen LogP contribution in [-0.2, 0) is 4.79 Å². The highest BCUT2D eigenvalue weighted by atomic mass is 16.5. The topological polar surface area (TPSA) is 59.1 Å². The molecule has 0 radical (unpaired) electrons. The minimum atomic E-state index is -0.262. The average Bonchev–Trinajstić information content (AvgIpc) is 3.00. The Morgan fingerprint density at radius 3 is 2.05 bits per heavy atom. The van der Waals surface area contributed by atoms with Crippen molar-refractivity contribution in [1.29, 1.82) is 0 Å². The third-order valence-corrected chi connectivity index (χ3v) is 7.23. The Balaban J connectivity index is 1.51. The minimum absolute atomic E-state index is 0.0851. The molecular formula is C34H32N2O4. The summed E-state index contributed by atoms with van der Waals surface area (Å²) < 4.78 is 10.5. The summed E-state index contributed by atoms with van der Waals surface area (Å²) in [4.78, 5) is 31.3. The van der Waals surface area contributed by atoms with Gasteiger partial charge in [-0.2, -0.15) is 0 Å². The zero-order valence-corrected chi connectivity index (χ0v) is 22.9. The van der Waals surface area contributed by atoms with Gasteiger partial charge in [0.1, 0.15) is 11.5 Å². The molecule has 4 aromatic rings. The molecule has 6 heteroatoms. The summed E-state index contributed by atoms with van der Waals surface area (Å²) in [5, 5.41) is 0. The van der Waals surface area contributed by atoms with Crippen molar-refractivity contribution in [3.05, 3.63) is 126 Å². The molecule has 1 heterocycles. The first-order valence-electron chi connectivity index (χ1n) is 13.3. The van der Waals surface area contributed by atoms with Gasteiger partial charge < -0.3 is 19.3 Å². The van der Waals surface area contributed by atoms with Gasteiger partial charge in [-0.1, -0.05) is 48.5 Å². The number of ether oxygens (including phenoxy) is 2. The predicted octanol–water partition coefficient (Wildman–Crippen LogP) is 6.93. The van der Waals surface area contributed by atoms with E-state index in [2.05, 4.69) is 0 Å². The van der Waals surface area contributed by atoms with E-state index in [-0.39, 0.29) is 23.9 Å². The van der Waals surface area contributed by atoms with Gasteiger partial charge >= 0.3 is 0 Å². The number of rotatable bonds is 7. The Morgan fingerprint density at radius 1 is 0.800 bits per heavy atom. The van der Waals surface area contributed by atoms with Crippen LogP contribution < -0.4 is 19.3 Å². The zero-order chi connectivity index (χ0) is 28.1. The van der Waals surface area contributed by atoms with Crippen molar-refractivity contribution in [3.63, 3.8) is 0 Å². The molecule has 2 amide bonds. The normalized spacial score (nSPS) is 16.3. The van der Waals surface area contributed by atoms with E-state index < -0.39 is 0 Å². The van der Waals surface area contributed by atoms with Gasteiger partial charge in [-0.3, -0.25) is 9.59 Å². The van der Waals surface area contributed by atoms with E-state index in [1.54, 1.807) is 44.6 Å². The maximum Gasteiger partial charge on any atom is 0.258 e. The molecule has 0 unspecified atom stereocenters. The number of carbonyl (C=O) groups excluding carboxylic acids is 2. The highest BCUT2D eigenvalue weighted by Gasteiger charge is 2.38. The number of hydrogen-bond acceptors (Lipinski definition) is 4. The number of methoxy groups -OCH3 is 2. The third-order valence-electron chi connectivity index (χ3n) is 7.23. The quantitative estimate of drug-likeness (QED) is 0.242. The van der Waals surface area contributed by atoms with Gasteiger partial charge in [-0.15, -0.1) is 0 Å². The van der Waals surface area contributed by atoms with E-state index in [0.29, 0.717) is 17.7 Å². The molecule has 4 aromatic carbocycles. The SMILES string of the molecule is COc1ccc(/C=C\C(=O)N(c2ccccc2)[C@@H]2C[C@@H](C)N(C(=O)c3ccc(OC)cc3)c3ccccc32)cc1. The molecule has 0 N–H and O–H groups in total. The summed E-state index contributed by atoms with van der Waals surface area (Å²) in [6, 6.07) is 31.8. The van der Waals surface area contributed by atoms with E-state index in [9.17, 15) is 9.59 Å². The first kappa shape index (κ1) is 26.8. The lowest BCUT2D eigenvalue weighted by Crippen LogP contribution is -2.47. The van der Waals surface area contributed by atoms with Crippen LogP contribution in [0.5, 0.6) is 11.5 Å². The van der Waals surface area contributed by atoms with Crippen LogP contribution in [0.15, 0.2) is 109 Å². The first-order valence-corrected chi connectivity index (χ1v) is 13.3. The molecule has 40 heavy (non-hydrogen) atoms. The molecule has 0 aromatic heterocycles. The van der Waals surface area contributed by atoms with Crippen molar-refractivity contribution in [2.75, 3.05) is 24.0 Å². The fourth-order valence-electron chi connectivity index (χ4n) is 5.22. The van der Waals surface area contributed by atoms with Crippen LogP contribution in [0.4, 0.5) is 11.4 Å². The highest BCUT2D eigenvalue weighted by molar-refractivity contribution is 6.08. The number of hydrogen-bond donors (Lipinski definition) is 0. The second kappa shape index (κ2) is 11.9. The monoisotopic (exact) mass is 532 g/mol.